The topological polar surface area (TPSA) is 75.7 Å². The Morgan fingerprint density at radius 3 is 2.45 bits per heavy atom. The third-order valence-electron chi connectivity index (χ3n) is 3.14. The highest BCUT2D eigenvalue weighted by Gasteiger charge is 2.46. The van der Waals surface area contributed by atoms with Crippen LogP contribution in [0.15, 0.2) is 30.3 Å². The number of benzene rings is 1. The molecule has 1 N–H and O–H groups in total. The van der Waals surface area contributed by atoms with Crippen LogP contribution in [0.1, 0.15) is 13.8 Å². The molecule has 0 unspecified atom stereocenters. The number of carbonyl (C=O) groups excluding carboxylic acids is 3. The van der Waals surface area contributed by atoms with Crippen LogP contribution in [0.3, 0.4) is 0 Å². The maximum Gasteiger partial charge on any atom is 0.330 e. The Morgan fingerprint density at radius 1 is 1.15 bits per heavy atom. The van der Waals surface area contributed by atoms with Gasteiger partial charge in [-0.05, 0) is 26.0 Å². The van der Waals surface area contributed by atoms with E-state index in [0.717, 1.165) is 4.90 Å². The highest BCUT2D eigenvalue weighted by atomic mass is 16.5. The molecule has 0 radical (unpaired) electrons. The second-order valence-electron chi connectivity index (χ2n) is 5.00. The molecular weight excluding hydrogens is 260 g/mol. The van der Waals surface area contributed by atoms with Gasteiger partial charge >= 0.3 is 6.03 Å². The van der Waals surface area contributed by atoms with E-state index in [-0.39, 0.29) is 13.2 Å². The summed E-state index contributed by atoms with van der Waals surface area (Å²) in [6, 6.07) is 8.39. The van der Waals surface area contributed by atoms with Gasteiger partial charge in [-0.2, -0.15) is 0 Å². The zero-order valence-electron chi connectivity index (χ0n) is 11.4. The third-order valence-corrected chi connectivity index (χ3v) is 3.14. The standard InChI is InChI=1S/C14H16N2O4/c1-14(2)11(17)15-13(19)16(12(14)18)8-9-20-10-6-4-3-5-7-10/h3-7H,8-9H2,1-2H3,(H,15,17,19). The van der Waals surface area contributed by atoms with Crippen LogP contribution < -0.4 is 10.1 Å². The second kappa shape index (κ2) is 5.32. The molecule has 1 saturated heterocycles. The van der Waals surface area contributed by atoms with Gasteiger partial charge in [-0.3, -0.25) is 19.8 Å². The molecule has 0 saturated carbocycles. The highest BCUT2D eigenvalue weighted by Crippen LogP contribution is 2.23. The molecule has 0 aromatic heterocycles. The van der Waals surface area contributed by atoms with Crippen LogP contribution in [0, 0.1) is 5.41 Å². The number of rotatable bonds is 4. The average molecular weight is 276 g/mol. The van der Waals surface area contributed by atoms with Crippen molar-refractivity contribution in [1.82, 2.24) is 10.2 Å². The van der Waals surface area contributed by atoms with Crippen molar-refractivity contribution in [2.24, 2.45) is 5.41 Å². The summed E-state index contributed by atoms with van der Waals surface area (Å²) in [4.78, 5) is 36.3. The van der Waals surface area contributed by atoms with Gasteiger partial charge in [0, 0.05) is 0 Å². The van der Waals surface area contributed by atoms with Gasteiger partial charge in [0.2, 0.25) is 11.8 Å². The summed E-state index contributed by atoms with van der Waals surface area (Å²) < 4.78 is 5.44. The monoisotopic (exact) mass is 276 g/mol. The largest absolute Gasteiger partial charge is 0.492 e. The van der Waals surface area contributed by atoms with E-state index < -0.39 is 23.3 Å². The van der Waals surface area contributed by atoms with Crippen molar-refractivity contribution in [2.45, 2.75) is 13.8 Å². The molecule has 106 valence electrons. The first-order chi connectivity index (χ1) is 9.43. The van der Waals surface area contributed by atoms with Crippen LogP contribution >= 0.6 is 0 Å². The molecule has 6 heteroatoms. The summed E-state index contributed by atoms with van der Waals surface area (Å²) in [5, 5.41) is 2.17. The summed E-state index contributed by atoms with van der Waals surface area (Å²) >= 11 is 0. The first-order valence-corrected chi connectivity index (χ1v) is 6.28. The lowest BCUT2D eigenvalue weighted by Gasteiger charge is -2.34. The Labute approximate surface area is 116 Å². The fourth-order valence-electron chi connectivity index (χ4n) is 1.82. The van der Waals surface area contributed by atoms with E-state index in [1.165, 1.54) is 13.8 Å². The summed E-state index contributed by atoms with van der Waals surface area (Å²) in [6.07, 6.45) is 0. The Bertz CT molecular complexity index is 539. The number of nitrogens with one attached hydrogen (secondary N) is 1. The molecule has 0 spiro atoms. The van der Waals surface area contributed by atoms with Crippen molar-refractivity contribution in [1.29, 1.82) is 0 Å². The lowest BCUT2D eigenvalue weighted by Crippen LogP contribution is -2.62. The van der Waals surface area contributed by atoms with Gasteiger partial charge in [-0.25, -0.2) is 4.79 Å². The molecule has 0 atom stereocenters. The zero-order valence-corrected chi connectivity index (χ0v) is 11.4. The van der Waals surface area contributed by atoms with Crippen molar-refractivity contribution in [3.05, 3.63) is 30.3 Å². The summed E-state index contributed by atoms with van der Waals surface area (Å²) in [6.45, 7) is 3.24. The van der Waals surface area contributed by atoms with E-state index in [4.69, 9.17) is 4.74 Å². The Balaban J connectivity index is 1.97. The van der Waals surface area contributed by atoms with E-state index >= 15 is 0 Å². The lowest BCUT2D eigenvalue weighted by atomic mass is 9.89. The molecule has 1 aliphatic heterocycles. The van der Waals surface area contributed by atoms with Crippen molar-refractivity contribution in [3.63, 3.8) is 0 Å². The number of hydrogen-bond acceptors (Lipinski definition) is 4. The van der Waals surface area contributed by atoms with E-state index in [1.54, 1.807) is 12.1 Å². The van der Waals surface area contributed by atoms with Crippen LogP contribution in [0.5, 0.6) is 5.75 Å². The molecule has 0 bridgehead atoms. The number of para-hydroxylation sites is 1. The lowest BCUT2D eigenvalue weighted by molar-refractivity contribution is -0.149. The Kier molecular flexibility index (Phi) is 3.74. The molecule has 20 heavy (non-hydrogen) atoms. The van der Waals surface area contributed by atoms with Gasteiger partial charge < -0.3 is 4.74 Å². The average Bonchev–Trinajstić information content (AvgIpc) is 2.42. The number of hydrogen-bond donors (Lipinski definition) is 1. The SMILES string of the molecule is CC1(C)C(=O)NC(=O)N(CCOc2ccccc2)C1=O. The van der Waals surface area contributed by atoms with Crippen molar-refractivity contribution >= 4 is 17.8 Å². The Hall–Kier alpha value is -2.37. The Morgan fingerprint density at radius 2 is 1.80 bits per heavy atom. The quantitative estimate of drug-likeness (QED) is 0.838. The van der Waals surface area contributed by atoms with Crippen LogP contribution in [-0.4, -0.2) is 35.9 Å². The third kappa shape index (κ3) is 2.64. The predicted octanol–water partition coefficient (Wildman–Crippen LogP) is 1.17. The molecule has 1 aliphatic rings. The van der Waals surface area contributed by atoms with Gasteiger partial charge in [0.15, 0.2) is 0 Å². The minimum absolute atomic E-state index is 0.0935. The van der Waals surface area contributed by atoms with Gasteiger partial charge in [-0.1, -0.05) is 18.2 Å². The maximum absolute atomic E-state index is 12.1. The molecule has 6 nitrogen and oxygen atoms in total. The van der Waals surface area contributed by atoms with Crippen molar-refractivity contribution in [3.8, 4) is 5.75 Å². The molecule has 1 heterocycles. The smallest absolute Gasteiger partial charge is 0.330 e. The molecule has 4 amide bonds. The van der Waals surface area contributed by atoms with E-state index in [0.29, 0.717) is 5.75 Å². The zero-order chi connectivity index (χ0) is 14.8. The molecule has 0 aliphatic carbocycles. The van der Waals surface area contributed by atoms with Crippen LogP contribution in [0.2, 0.25) is 0 Å². The number of ether oxygens (including phenoxy) is 1. The molecular formula is C14H16N2O4. The molecule has 1 aromatic carbocycles. The fourth-order valence-corrected chi connectivity index (χ4v) is 1.82. The number of urea groups is 1. The van der Waals surface area contributed by atoms with Gasteiger partial charge in [0.1, 0.15) is 17.8 Å². The molecule has 2 rings (SSSR count). The van der Waals surface area contributed by atoms with E-state index in [1.807, 2.05) is 18.2 Å². The van der Waals surface area contributed by atoms with Crippen LogP contribution in [-0.2, 0) is 9.59 Å². The number of imide groups is 2. The fraction of sp³-hybridized carbons (Fsp3) is 0.357. The first kappa shape index (κ1) is 14.0. The minimum atomic E-state index is -1.24. The number of amides is 4. The normalized spacial score (nSPS) is 17.9. The predicted molar refractivity (Wildman–Crippen MR) is 71.0 cm³/mol. The summed E-state index contributed by atoms with van der Waals surface area (Å²) in [5.74, 6) is -0.427. The van der Waals surface area contributed by atoms with E-state index in [9.17, 15) is 14.4 Å². The van der Waals surface area contributed by atoms with Crippen LogP contribution in [0.25, 0.3) is 0 Å². The summed E-state index contributed by atoms with van der Waals surface area (Å²) in [5.41, 5.74) is -1.24. The minimum Gasteiger partial charge on any atom is -0.492 e. The first-order valence-electron chi connectivity index (χ1n) is 6.28. The van der Waals surface area contributed by atoms with Crippen molar-refractivity contribution < 1.29 is 19.1 Å². The van der Waals surface area contributed by atoms with Gasteiger partial charge in [-0.15, -0.1) is 0 Å². The van der Waals surface area contributed by atoms with E-state index in [2.05, 4.69) is 5.32 Å². The highest BCUT2D eigenvalue weighted by molar-refractivity contribution is 6.18. The van der Waals surface area contributed by atoms with Gasteiger partial charge in [0.25, 0.3) is 0 Å². The van der Waals surface area contributed by atoms with Crippen molar-refractivity contribution in [2.75, 3.05) is 13.2 Å². The van der Waals surface area contributed by atoms with Crippen LogP contribution in [0.4, 0.5) is 4.79 Å². The van der Waals surface area contributed by atoms with Gasteiger partial charge in [0.05, 0.1) is 6.54 Å². The maximum atomic E-state index is 12.1. The summed E-state index contributed by atoms with van der Waals surface area (Å²) in [7, 11) is 0. The number of barbiturate groups is 1. The number of nitrogens with zero attached hydrogens (tertiary/aromatic N) is 1. The number of carbonyl (C=O) groups is 3. The second-order valence-corrected chi connectivity index (χ2v) is 5.00. The molecule has 1 aromatic rings. The molecule has 1 fully saturated rings.